The van der Waals surface area contributed by atoms with Gasteiger partial charge in [-0.05, 0) is 30.1 Å². The minimum atomic E-state index is -1.93. The summed E-state index contributed by atoms with van der Waals surface area (Å²) in [7, 11) is -0.167. The first-order valence-corrected chi connectivity index (χ1v) is 9.07. The lowest BCUT2D eigenvalue weighted by Gasteiger charge is -2.24. The van der Waals surface area contributed by atoms with Gasteiger partial charge in [0.25, 0.3) is 0 Å². The summed E-state index contributed by atoms with van der Waals surface area (Å²) in [5.74, 6) is 0. The van der Waals surface area contributed by atoms with E-state index in [0.29, 0.717) is 0 Å². The predicted molar refractivity (Wildman–Crippen MR) is 79.9 cm³/mol. The monoisotopic (exact) mass is 264 g/mol. The molecule has 0 fully saturated rings. The molecule has 3 heteroatoms. The summed E-state index contributed by atoms with van der Waals surface area (Å²) >= 11 is 0. The van der Waals surface area contributed by atoms with Crippen LogP contribution in [0.25, 0.3) is 6.08 Å². The molecule has 2 nitrogen and oxygen atoms in total. The topological polar surface area (TPSA) is 18.5 Å². The minimum absolute atomic E-state index is 0.724. The molecule has 1 aromatic carbocycles. The van der Waals surface area contributed by atoms with Gasteiger partial charge in [0.15, 0.2) is 0 Å². The van der Waals surface area contributed by atoms with Gasteiger partial charge in [-0.15, -0.1) is 0 Å². The quantitative estimate of drug-likeness (QED) is 0.660. The van der Waals surface area contributed by atoms with Gasteiger partial charge in [-0.25, -0.2) is 0 Å². The van der Waals surface area contributed by atoms with Crippen LogP contribution in [0.3, 0.4) is 0 Å². The van der Waals surface area contributed by atoms with Gasteiger partial charge in [0.05, 0.1) is 0 Å². The van der Waals surface area contributed by atoms with E-state index < -0.39 is 8.56 Å². The number of benzene rings is 1. The summed E-state index contributed by atoms with van der Waals surface area (Å²) in [5.41, 5.74) is 2.48. The van der Waals surface area contributed by atoms with E-state index in [9.17, 15) is 0 Å². The molecule has 0 aliphatic heterocycles. The Morgan fingerprint density at radius 2 is 2.06 bits per heavy atom. The molecule has 0 saturated heterocycles. The molecule has 1 rings (SSSR count). The summed E-state index contributed by atoms with van der Waals surface area (Å²) in [5, 5.41) is 0. The molecule has 100 valence electrons. The second-order valence-corrected chi connectivity index (χ2v) is 8.05. The van der Waals surface area contributed by atoms with Crippen LogP contribution in [-0.4, -0.2) is 22.3 Å². The summed E-state index contributed by atoms with van der Waals surface area (Å²) in [6.45, 7) is 8.86. The highest BCUT2D eigenvalue weighted by Crippen LogP contribution is 2.16. The van der Waals surface area contributed by atoms with E-state index in [0.717, 1.165) is 25.5 Å². The Morgan fingerprint density at radius 3 is 2.67 bits per heavy atom. The minimum Gasteiger partial charge on any atom is -0.398 e. The lowest BCUT2D eigenvalue weighted by molar-refractivity contribution is 0.206. The van der Waals surface area contributed by atoms with Gasteiger partial charge in [-0.2, -0.15) is 0 Å². The van der Waals surface area contributed by atoms with E-state index in [1.54, 1.807) is 7.11 Å². The third kappa shape index (κ3) is 4.41. The van der Waals surface area contributed by atoms with Crippen molar-refractivity contribution in [3.63, 3.8) is 0 Å². The Hall–Kier alpha value is -0.903. The van der Waals surface area contributed by atoms with Crippen LogP contribution >= 0.6 is 0 Å². The maximum atomic E-state index is 6.00. The van der Waals surface area contributed by atoms with Crippen LogP contribution in [0.5, 0.6) is 0 Å². The van der Waals surface area contributed by atoms with E-state index >= 15 is 0 Å². The van der Waals surface area contributed by atoms with E-state index in [4.69, 9.17) is 8.85 Å². The largest absolute Gasteiger partial charge is 0.398 e. The van der Waals surface area contributed by atoms with Crippen LogP contribution in [0.15, 0.2) is 30.8 Å². The number of hydrogen-bond donors (Lipinski definition) is 0. The molecule has 1 unspecified atom stereocenters. The fourth-order valence-corrected chi connectivity index (χ4v) is 3.93. The van der Waals surface area contributed by atoms with Crippen LogP contribution in [0.2, 0.25) is 12.6 Å². The molecule has 0 aromatic heterocycles. The molecule has 0 bridgehead atoms. The molecule has 0 spiro atoms. The Kier molecular flexibility index (Phi) is 6.33. The Balaban J connectivity index is 2.52. The van der Waals surface area contributed by atoms with Gasteiger partial charge in [0, 0.05) is 13.7 Å². The average Bonchev–Trinajstić information content (AvgIpc) is 2.39. The molecule has 1 aromatic rings. The summed E-state index contributed by atoms with van der Waals surface area (Å²) < 4.78 is 11.6. The van der Waals surface area contributed by atoms with Crippen molar-refractivity contribution in [2.75, 3.05) is 13.7 Å². The fourth-order valence-electron chi connectivity index (χ4n) is 2.03. The van der Waals surface area contributed by atoms with Gasteiger partial charge in [0.1, 0.15) is 0 Å². The first-order chi connectivity index (χ1) is 8.65. The average molecular weight is 264 g/mol. The van der Waals surface area contributed by atoms with Crippen molar-refractivity contribution < 1.29 is 8.85 Å². The van der Waals surface area contributed by atoms with Crippen molar-refractivity contribution in [2.24, 2.45) is 0 Å². The summed E-state index contributed by atoms with van der Waals surface area (Å²) in [6.07, 6.45) is 3.92. The maximum Gasteiger partial charge on any atom is 0.334 e. The van der Waals surface area contributed by atoms with E-state index in [1.807, 2.05) is 12.1 Å². The lowest BCUT2D eigenvalue weighted by Crippen LogP contribution is -2.37. The van der Waals surface area contributed by atoms with Crippen LogP contribution in [0.1, 0.15) is 24.5 Å². The van der Waals surface area contributed by atoms with E-state index in [-0.39, 0.29) is 0 Å². The normalized spacial score (nSPS) is 14.2. The van der Waals surface area contributed by atoms with Gasteiger partial charge in [0.2, 0.25) is 0 Å². The Bertz CT molecular complexity index is 379. The van der Waals surface area contributed by atoms with Crippen molar-refractivity contribution in [1.82, 2.24) is 0 Å². The lowest BCUT2D eigenvalue weighted by atomic mass is 10.1. The highest BCUT2D eigenvalue weighted by molar-refractivity contribution is 6.65. The van der Waals surface area contributed by atoms with E-state index in [1.165, 1.54) is 11.1 Å². The zero-order valence-corrected chi connectivity index (χ0v) is 12.7. The van der Waals surface area contributed by atoms with Crippen molar-refractivity contribution in [2.45, 2.75) is 32.4 Å². The second kappa shape index (κ2) is 7.51. The molecule has 1 atom stereocenters. The Morgan fingerprint density at radius 1 is 1.33 bits per heavy atom. The van der Waals surface area contributed by atoms with Gasteiger partial charge in [-0.1, -0.05) is 50.3 Å². The van der Waals surface area contributed by atoms with Gasteiger partial charge >= 0.3 is 8.56 Å². The smallest absolute Gasteiger partial charge is 0.334 e. The Labute approximate surface area is 112 Å². The molecule has 18 heavy (non-hydrogen) atoms. The molecular formula is C15H24O2Si. The summed E-state index contributed by atoms with van der Waals surface area (Å²) in [6, 6.07) is 9.35. The van der Waals surface area contributed by atoms with Gasteiger partial charge < -0.3 is 8.85 Å². The zero-order chi connectivity index (χ0) is 13.4. The first-order valence-electron chi connectivity index (χ1n) is 6.54. The second-order valence-electron chi connectivity index (χ2n) is 4.59. The first kappa shape index (κ1) is 15.2. The number of rotatable bonds is 8. The van der Waals surface area contributed by atoms with Crippen molar-refractivity contribution in [3.8, 4) is 0 Å². The van der Waals surface area contributed by atoms with Crippen molar-refractivity contribution in [3.05, 3.63) is 42.0 Å². The van der Waals surface area contributed by atoms with Gasteiger partial charge in [-0.3, -0.25) is 0 Å². The molecule has 0 amide bonds. The molecule has 0 heterocycles. The number of hydrogen-bond acceptors (Lipinski definition) is 2. The fraction of sp³-hybridized carbons (Fsp3) is 0.467. The molecule has 0 saturated carbocycles. The molecule has 0 aliphatic rings. The molecule has 0 N–H and O–H groups in total. The van der Waals surface area contributed by atoms with Crippen LogP contribution in [0, 0.1) is 0 Å². The predicted octanol–water partition coefficient (Wildman–Crippen LogP) is 4.02. The van der Waals surface area contributed by atoms with E-state index in [2.05, 4.69) is 38.2 Å². The maximum absolute atomic E-state index is 6.00. The van der Waals surface area contributed by atoms with Crippen molar-refractivity contribution >= 4 is 14.6 Å². The summed E-state index contributed by atoms with van der Waals surface area (Å²) in [4.78, 5) is 0. The SMILES string of the molecule is C=Cc1ccccc1CCO[Si](C)(CCC)OC. The molecular weight excluding hydrogens is 240 g/mol. The van der Waals surface area contributed by atoms with Crippen LogP contribution in [-0.2, 0) is 15.3 Å². The third-order valence-corrected chi connectivity index (χ3v) is 6.28. The molecule has 0 radical (unpaired) electrons. The van der Waals surface area contributed by atoms with Crippen LogP contribution in [0.4, 0.5) is 0 Å². The highest BCUT2D eigenvalue weighted by atomic mass is 28.4. The standard InChI is InChI=1S/C15H24O2Si/c1-5-13-18(4,16-3)17-12-11-15-10-8-7-9-14(15)6-2/h6-10H,2,5,11-13H2,1,3-4H3. The van der Waals surface area contributed by atoms with Crippen LogP contribution < -0.4 is 0 Å². The highest BCUT2D eigenvalue weighted by Gasteiger charge is 2.28. The molecule has 0 aliphatic carbocycles. The zero-order valence-electron chi connectivity index (χ0n) is 11.7. The third-order valence-electron chi connectivity index (χ3n) is 3.19. The van der Waals surface area contributed by atoms with Crippen molar-refractivity contribution in [1.29, 1.82) is 0 Å².